The molecular weight excluding hydrogens is 288 g/mol. The topological polar surface area (TPSA) is 92.4 Å². The Labute approximate surface area is 120 Å². The van der Waals surface area contributed by atoms with Gasteiger partial charge in [0.2, 0.25) is 5.91 Å². The molecule has 0 spiro atoms. The van der Waals surface area contributed by atoms with Gasteiger partial charge in [0.05, 0.1) is 16.8 Å². The maximum atomic E-state index is 11.8. The summed E-state index contributed by atoms with van der Waals surface area (Å²) in [4.78, 5) is 22.9. The Morgan fingerprint density at radius 3 is 2.79 bits per heavy atom. The van der Waals surface area contributed by atoms with Crippen LogP contribution in [0.1, 0.15) is 16.8 Å². The number of nitrogens with two attached hydrogens (primary N) is 1. The van der Waals surface area contributed by atoms with Crippen molar-refractivity contribution in [1.82, 2.24) is 0 Å². The molecule has 1 rings (SSSR count). The summed E-state index contributed by atoms with van der Waals surface area (Å²) in [5.74, 6) is -0.854. The van der Waals surface area contributed by atoms with E-state index in [-0.39, 0.29) is 16.3 Å². The number of hydrogen-bond acceptors (Lipinski definition) is 4. The van der Waals surface area contributed by atoms with Crippen LogP contribution in [0.15, 0.2) is 18.2 Å². The van der Waals surface area contributed by atoms with Crippen LogP contribution in [0.4, 0.5) is 5.69 Å². The molecule has 0 saturated carbocycles. The van der Waals surface area contributed by atoms with E-state index in [1.165, 1.54) is 12.1 Å². The zero-order valence-electron chi connectivity index (χ0n) is 10.4. The van der Waals surface area contributed by atoms with E-state index < -0.39 is 17.9 Å². The van der Waals surface area contributed by atoms with Crippen molar-refractivity contribution in [1.29, 1.82) is 0 Å². The lowest BCUT2D eigenvalue weighted by Crippen LogP contribution is -2.36. The lowest BCUT2D eigenvalue weighted by atomic mass is 10.1. The quantitative estimate of drug-likeness (QED) is 0.748. The monoisotopic (exact) mass is 302 g/mol. The van der Waals surface area contributed by atoms with E-state index in [2.05, 4.69) is 5.32 Å². The fraction of sp³-hybridized carbons (Fsp3) is 0.333. The van der Waals surface area contributed by atoms with E-state index in [4.69, 9.17) is 22.4 Å². The van der Waals surface area contributed by atoms with Gasteiger partial charge in [-0.2, -0.15) is 11.8 Å². The first-order valence-electron chi connectivity index (χ1n) is 5.54. The first-order chi connectivity index (χ1) is 8.97. The molecule has 0 radical (unpaired) electrons. The molecule has 0 unspecified atom stereocenters. The van der Waals surface area contributed by atoms with Crippen molar-refractivity contribution in [2.75, 3.05) is 17.3 Å². The standard InChI is InChI=1S/C12H15ClN2O3S/c1-19-6-5-8(14)11(16)15-9-4-2-3-7(13)10(9)12(17)18/h2-4,8H,5-6,14H2,1H3,(H,15,16)(H,17,18)/t8-/m1/s1. The molecule has 5 nitrogen and oxygen atoms in total. The van der Waals surface area contributed by atoms with Gasteiger partial charge in [-0.15, -0.1) is 0 Å². The number of benzene rings is 1. The highest BCUT2D eigenvalue weighted by Gasteiger charge is 2.19. The average molecular weight is 303 g/mol. The summed E-state index contributed by atoms with van der Waals surface area (Å²) in [6.07, 6.45) is 2.44. The van der Waals surface area contributed by atoms with Crippen molar-refractivity contribution in [2.45, 2.75) is 12.5 Å². The number of carboxylic acid groups (broad SMARTS) is 1. The number of carbonyl (C=O) groups is 2. The van der Waals surface area contributed by atoms with Gasteiger partial charge in [0, 0.05) is 0 Å². The summed E-state index contributed by atoms with van der Waals surface area (Å²) in [7, 11) is 0. The van der Waals surface area contributed by atoms with Crippen molar-refractivity contribution in [3.63, 3.8) is 0 Å². The van der Waals surface area contributed by atoms with Crippen LogP contribution in [-0.4, -0.2) is 35.0 Å². The van der Waals surface area contributed by atoms with Crippen LogP contribution in [0.2, 0.25) is 5.02 Å². The predicted molar refractivity (Wildman–Crippen MR) is 78.0 cm³/mol. The van der Waals surface area contributed by atoms with E-state index in [1.807, 2.05) is 6.26 Å². The predicted octanol–water partition coefficient (Wildman–Crippen LogP) is 2.06. The van der Waals surface area contributed by atoms with Crippen LogP contribution in [0.5, 0.6) is 0 Å². The largest absolute Gasteiger partial charge is 0.478 e. The van der Waals surface area contributed by atoms with Crippen molar-refractivity contribution in [3.8, 4) is 0 Å². The minimum Gasteiger partial charge on any atom is -0.478 e. The molecule has 0 aromatic heterocycles. The van der Waals surface area contributed by atoms with Crippen LogP contribution in [0, 0.1) is 0 Å². The summed E-state index contributed by atoms with van der Waals surface area (Å²) in [6, 6.07) is 3.83. The first-order valence-corrected chi connectivity index (χ1v) is 7.31. The van der Waals surface area contributed by atoms with E-state index >= 15 is 0 Å². The lowest BCUT2D eigenvalue weighted by molar-refractivity contribution is -0.117. The van der Waals surface area contributed by atoms with Gasteiger partial charge in [-0.25, -0.2) is 4.79 Å². The highest BCUT2D eigenvalue weighted by Crippen LogP contribution is 2.24. The van der Waals surface area contributed by atoms with E-state index in [9.17, 15) is 9.59 Å². The highest BCUT2D eigenvalue weighted by molar-refractivity contribution is 7.98. The van der Waals surface area contributed by atoms with Gasteiger partial charge in [0.1, 0.15) is 5.56 Å². The van der Waals surface area contributed by atoms with Gasteiger partial charge in [0.25, 0.3) is 0 Å². The number of rotatable bonds is 6. The number of carbonyl (C=O) groups excluding carboxylic acids is 1. The third kappa shape index (κ3) is 4.41. The summed E-state index contributed by atoms with van der Waals surface area (Å²) in [6.45, 7) is 0. The number of anilines is 1. The third-order valence-corrected chi connectivity index (χ3v) is 3.41. The summed E-state index contributed by atoms with van der Waals surface area (Å²) in [5, 5.41) is 11.6. The number of nitrogens with one attached hydrogen (secondary N) is 1. The van der Waals surface area contributed by atoms with Crippen LogP contribution < -0.4 is 11.1 Å². The molecule has 0 aliphatic rings. The Morgan fingerprint density at radius 1 is 1.53 bits per heavy atom. The van der Waals surface area contributed by atoms with Gasteiger partial charge in [0.15, 0.2) is 0 Å². The number of hydrogen-bond donors (Lipinski definition) is 3. The highest BCUT2D eigenvalue weighted by atomic mass is 35.5. The van der Waals surface area contributed by atoms with Crippen molar-refractivity contribution in [3.05, 3.63) is 28.8 Å². The van der Waals surface area contributed by atoms with Gasteiger partial charge in [-0.1, -0.05) is 17.7 Å². The average Bonchev–Trinajstić information content (AvgIpc) is 2.35. The lowest BCUT2D eigenvalue weighted by Gasteiger charge is -2.13. The second kappa shape index (κ2) is 7.37. The number of halogens is 1. The fourth-order valence-corrected chi connectivity index (χ4v) is 2.19. The molecular formula is C12H15ClN2O3S. The molecule has 1 aromatic rings. The van der Waals surface area contributed by atoms with Crippen molar-refractivity contribution in [2.24, 2.45) is 5.73 Å². The van der Waals surface area contributed by atoms with Crippen LogP contribution in [0.3, 0.4) is 0 Å². The maximum absolute atomic E-state index is 11.8. The van der Waals surface area contributed by atoms with E-state index in [1.54, 1.807) is 17.8 Å². The van der Waals surface area contributed by atoms with E-state index in [0.29, 0.717) is 6.42 Å². The molecule has 1 amide bonds. The molecule has 4 N–H and O–H groups in total. The minimum absolute atomic E-state index is 0.0722. The Bertz CT molecular complexity index is 482. The molecule has 0 aliphatic heterocycles. The number of amides is 1. The van der Waals surface area contributed by atoms with Gasteiger partial charge >= 0.3 is 5.97 Å². The second-order valence-electron chi connectivity index (χ2n) is 3.84. The molecule has 19 heavy (non-hydrogen) atoms. The summed E-state index contributed by atoms with van der Waals surface area (Å²) < 4.78 is 0. The Hall–Kier alpha value is -1.24. The summed E-state index contributed by atoms with van der Waals surface area (Å²) >= 11 is 7.39. The Kier molecular flexibility index (Phi) is 6.14. The fourth-order valence-electron chi connectivity index (χ4n) is 1.45. The van der Waals surface area contributed by atoms with Crippen LogP contribution in [-0.2, 0) is 4.79 Å². The third-order valence-electron chi connectivity index (χ3n) is 2.46. The van der Waals surface area contributed by atoms with Crippen molar-refractivity contribution >= 4 is 40.9 Å². The molecule has 0 saturated heterocycles. The summed E-state index contributed by atoms with van der Waals surface area (Å²) in [5.41, 5.74) is 5.74. The van der Waals surface area contributed by atoms with Crippen LogP contribution in [0.25, 0.3) is 0 Å². The van der Waals surface area contributed by atoms with Gasteiger partial charge in [-0.05, 0) is 30.6 Å². The zero-order chi connectivity index (χ0) is 14.4. The van der Waals surface area contributed by atoms with Gasteiger partial charge < -0.3 is 16.2 Å². The molecule has 104 valence electrons. The molecule has 0 fully saturated rings. The molecule has 0 aliphatic carbocycles. The molecule has 1 aromatic carbocycles. The SMILES string of the molecule is CSCC[C@@H](N)C(=O)Nc1cccc(Cl)c1C(=O)O. The first kappa shape index (κ1) is 15.8. The van der Waals surface area contributed by atoms with Crippen LogP contribution >= 0.6 is 23.4 Å². The Balaban J connectivity index is 2.85. The normalized spacial score (nSPS) is 11.9. The smallest absolute Gasteiger partial charge is 0.339 e. The zero-order valence-corrected chi connectivity index (χ0v) is 11.9. The van der Waals surface area contributed by atoms with Gasteiger partial charge in [-0.3, -0.25) is 4.79 Å². The molecule has 0 heterocycles. The number of aromatic carboxylic acids is 1. The molecule has 0 bridgehead atoms. The Morgan fingerprint density at radius 2 is 2.21 bits per heavy atom. The molecule has 7 heteroatoms. The maximum Gasteiger partial charge on any atom is 0.339 e. The number of thioether (sulfide) groups is 1. The number of carboxylic acids is 1. The van der Waals surface area contributed by atoms with E-state index in [0.717, 1.165) is 5.75 Å². The minimum atomic E-state index is -1.20. The second-order valence-corrected chi connectivity index (χ2v) is 5.24. The van der Waals surface area contributed by atoms with Crippen molar-refractivity contribution < 1.29 is 14.7 Å². The molecule has 1 atom stereocenters.